The lowest BCUT2D eigenvalue weighted by atomic mass is 10.1. The fraction of sp³-hybridized carbons (Fsp3) is 0.200. The molecule has 0 atom stereocenters. The maximum Gasteiger partial charge on any atom is 0.348 e. The van der Waals surface area contributed by atoms with Gasteiger partial charge in [-0.05, 0) is 43.3 Å². The number of benzene rings is 2. The molecule has 0 aromatic heterocycles. The van der Waals surface area contributed by atoms with Crippen molar-refractivity contribution in [3.8, 4) is 17.6 Å². The number of carbonyl (C=O) groups excluding carboxylic acids is 1. The number of nitro benzene ring substituents is 1. The summed E-state index contributed by atoms with van der Waals surface area (Å²) in [6, 6.07) is 12.9. The minimum Gasteiger partial charge on any atom is -0.490 e. The highest BCUT2D eigenvalue weighted by Crippen LogP contribution is 2.27. The Labute approximate surface area is 175 Å². The van der Waals surface area contributed by atoms with E-state index in [1.54, 1.807) is 25.1 Å². The Bertz CT molecular complexity index is 950. The summed E-state index contributed by atoms with van der Waals surface area (Å²) in [5.74, 6) is 0.118. The van der Waals surface area contributed by atoms with Crippen LogP contribution in [0.15, 0.2) is 52.5 Å². The Morgan fingerprint density at radius 1 is 1.21 bits per heavy atom. The van der Waals surface area contributed by atoms with Gasteiger partial charge < -0.3 is 14.2 Å². The molecule has 2 rings (SSSR count). The summed E-state index contributed by atoms with van der Waals surface area (Å²) >= 11 is 3.34. The molecule has 0 heterocycles. The number of esters is 1. The molecule has 2 aromatic carbocycles. The second kappa shape index (κ2) is 10.8. The predicted octanol–water partition coefficient (Wildman–Crippen LogP) is 4.29. The van der Waals surface area contributed by atoms with Crippen molar-refractivity contribution < 1.29 is 23.9 Å². The fourth-order valence-electron chi connectivity index (χ4n) is 2.24. The van der Waals surface area contributed by atoms with Crippen molar-refractivity contribution in [2.75, 3.05) is 19.8 Å². The standard InChI is InChI=1S/C20H17BrN2O6/c1-2-27-20(24)15(13-22)11-14-12-17(23(25)26)5-8-19(14)29-10-9-28-18-6-3-16(21)4-7-18/h3-8,11-12H,2,9-10H2,1H3/b15-11-. The number of hydrogen-bond donors (Lipinski definition) is 0. The number of halogens is 1. The van der Waals surface area contributed by atoms with Crippen LogP contribution in [0.5, 0.6) is 11.5 Å². The third-order valence-electron chi connectivity index (χ3n) is 3.54. The van der Waals surface area contributed by atoms with Crippen LogP contribution in [0.25, 0.3) is 6.08 Å². The van der Waals surface area contributed by atoms with Crippen molar-refractivity contribution in [1.82, 2.24) is 0 Å². The minimum atomic E-state index is -0.814. The Morgan fingerprint density at radius 2 is 1.90 bits per heavy atom. The number of hydrogen-bond acceptors (Lipinski definition) is 7. The summed E-state index contributed by atoms with van der Waals surface area (Å²) in [7, 11) is 0. The number of non-ortho nitro benzene ring substituents is 1. The van der Waals surface area contributed by atoms with Crippen LogP contribution in [0.2, 0.25) is 0 Å². The topological polar surface area (TPSA) is 112 Å². The fourth-order valence-corrected chi connectivity index (χ4v) is 2.50. The molecule has 0 aliphatic carbocycles. The van der Waals surface area contributed by atoms with E-state index < -0.39 is 10.9 Å². The maximum absolute atomic E-state index is 11.8. The van der Waals surface area contributed by atoms with Gasteiger partial charge in [-0.15, -0.1) is 0 Å². The molecule has 0 fully saturated rings. The summed E-state index contributed by atoms with van der Waals surface area (Å²) in [4.78, 5) is 22.3. The number of carbonyl (C=O) groups is 1. The third kappa shape index (κ3) is 6.62. The van der Waals surface area contributed by atoms with E-state index in [1.807, 2.05) is 12.1 Å². The molecule has 0 aliphatic rings. The van der Waals surface area contributed by atoms with Gasteiger partial charge in [0.25, 0.3) is 5.69 Å². The molecule has 0 radical (unpaired) electrons. The highest BCUT2D eigenvalue weighted by Gasteiger charge is 2.15. The van der Waals surface area contributed by atoms with E-state index >= 15 is 0 Å². The van der Waals surface area contributed by atoms with E-state index in [-0.39, 0.29) is 42.4 Å². The predicted molar refractivity (Wildman–Crippen MR) is 108 cm³/mol. The molecule has 0 unspecified atom stereocenters. The Balaban J connectivity index is 2.15. The SMILES string of the molecule is CCOC(=O)/C(C#N)=C\c1cc([N+](=O)[O-])ccc1OCCOc1ccc(Br)cc1. The normalized spacial score (nSPS) is 10.7. The summed E-state index contributed by atoms with van der Waals surface area (Å²) < 4.78 is 16.9. The summed E-state index contributed by atoms with van der Waals surface area (Å²) in [5, 5.41) is 20.3. The molecule has 8 nitrogen and oxygen atoms in total. The molecular formula is C20H17BrN2O6. The van der Waals surface area contributed by atoms with Crippen LogP contribution in [0, 0.1) is 21.4 Å². The van der Waals surface area contributed by atoms with E-state index in [9.17, 15) is 20.2 Å². The zero-order valence-corrected chi connectivity index (χ0v) is 17.0. The Kier molecular flexibility index (Phi) is 8.18. The van der Waals surface area contributed by atoms with Crippen molar-refractivity contribution in [3.63, 3.8) is 0 Å². The average Bonchev–Trinajstić information content (AvgIpc) is 2.71. The van der Waals surface area contributed by atoms with Gasteiger partial charge in [-0.25, -0.2) is 4.79 Å². The number of rotatable bonds is 9. The number of nitro groups is 1. The molecule has 29 heavy (non-hydrogen) atoms. The van der Waals surface area contributed by atoms with E-state index in [4.69, 9.17) is 14.2 Å². The first-order valence-electron chi connectivity index (χ1n) is 8.53. The molecule has 150 valence electrons. The van der Waals surface area contributed by atoms with E-state index in [1.165, 1.54) is 24.3 Å². The molecule has 0 N–H and O–H groups in total. The molecule has 0 spiro atoms. The summed E-state index contributed by atoms with van der Waals surface area (Å²) in [5.41, 5.74) is -0.272. The van der Waals surface area contributed by atoms with E-state index in [0.717, 1.165) is 4.47 Å². The van der Waals surface area contributed by atoms with Crippen molar-refractivity contribution in [2.24, 2.45) is 0 Å². The monoisotopic (exact) mass is 460 g/mol. The second-order valence-corrected chi connectivity index (χ2v) is 6.44. The molecule has 0 aliphatic heterocycles. The van der Waals surface area contributed by atoms with Crippen LogP contribution in [0.3, 0.4) is 0 Å². The van der Waals surface area contributed by atoms with Gasteiger partial charge in [0, 0.05) is 22.2 Å². The highest BCUT2D eigenvalue weighted by atomic mass is 79.9. The van der Waals surface area contributed by atoms with Crippen LogP contribution >= 0.6 is 15.9 Å². The van der Waals surface area contributed by atoms with Crippen LogP contribution in [-0.2, 0) is 9.53 Å². The van der Waals surface area contributed by atoms with Crippen molar-refractivity contribution in [1.29, 1.82) is 5.26 Å². The van der Waals surface area contributed by atoms with Gasteiger partial charge in [-0.3, -0.25) is 10.1 Å². The van der Waals surface area contributed by atoms with E-state index in [2.05, 4.69) is 15.9 Å². The van der Waals surface area contributed by atoms with Gasteiger partial charge in [0.1, 0.15) is 36.4 Å². The molecule has 9 heteroatoms. The number of nitriles is 1. The molecule has 0 saturated carbocycles. The first-order valence-corrected chi connectivity index (χ1v) is 9.32. The van der Waals surface area contributed by atoms with Gasteiger partial charge in [-0.1, -0.05) is 15.9 Å². The number of ether oxygens (including phenoxy) is 3. The molecule has 0 bridgehead atoms. The zero-order valence-electron chi connectivity index (χ0n) is 15.5. The molecule has 0 saturated heterocycles. The van der Waals surface area contributed by atoms with Gasteiger partial charge >= 0.3 is 5.97 Å². The zero-order chi connectivity index (χ0) is 21.2. The van der Waals surface area contributed by atoms with Gasteiger partial charge in [0.15, 0.2) is 0 Å². The Morgan fingerprint density at radius 3 is 2.52 bits per heavy atom. The lowest BCUT2D eigenvalue weighted by molar-refractivity contribution is -0.384. The number of nitrogens with zero attached hydrogens (tertiary/aromatic N) is 2. The average molecular weight is 461 g/mol. The first-order chi connectivity index (χ1) is 13.9. The summed E-state index contributed by atoms with van der Waals surface area (Å²) in [6.45, 7) is 2.09. The lowest BCUT2D eigenvalue weighted by Gasteiger charge is -2.11. The van der Waals surface area contributed by atoms with Crippen molar-refractivity contribution in [3.05, 3.63) is 68.2 Å². The molecule has 2 aromatic rings. The van der Waals surface area contributed by atoms with Gasteiger partial charge in [-0.2, -0.15) is 5.26 Å². The highest BCUT2D eigenvalue weighted by molar-refractivity contribution is 9.10. The van der Waals surface area contributed by atoms with Gasteiger partial charge in [0.05, 0.1) is 11.5 Å². The van der Waals surface area contributed by atoms with Crippen LogP contribution in [-0.4, -0.2) is 30.7 Å². The third-order valence-corrected chi connectivity index (χ3v) is 4.07. The van der Waals surface area contributed by atoms with E-state index in [0.29, 0.717) is 5.75 Å². The summed E-state index contributed by atoms with van der Waals surface area (Å²) in [6.07, 6.45) is 1.20. The van der Waals surface area contributed by atoms with Gasteiger partial charge in [0.2, 0.25) is 0 Å². The molecular weight excluding hydrogens is 444 g/mol. The van der Waals surface area contributed by atoms with Crippen molar-refractivity contribution >= 4 is 33.7 Å². The van der Waals surface area contributed by atoms with Crippen LogP contribution < -0.4 is 9.47 Å². The lowest BCUT2D eigenvalue weighted by Crippen LogP contribution is -2.10. The Hall–Kier alpha value is -3.38. The smallest absolute Gasteiger partial charge is 0.348 e. The quantitative estimate of drug-likeness (QED) is 0.137. The second-order valence-electron chi connectivity index (χ2n) is 5.52. The van der Waals surface area contributed by atoms with Crippen molar-refractivity contribution in [2.45, 2.75) is 6.92 Å². The minimum absolute atomic E-state index is 0.101. The first kappa shape index (κ1) is 21.9. The van der Waals surface area contributed by atoms with Crippen LogP contribution in [0.1, 0.15) is 12.5 Å². The largest absolute Gasteiger partial charge is 0.490 e. The van der Waals surface area contributed by atoms with Crippen LogP contribution in [0.4, 0.5) is 5.69 Å². The maximum atomic E-state index is 11.8. The molecule has 0 amide bonds.